The van der Waals surface area contributed by atoms with E-state index in [2.05, 4.69) is 5.32 Å². The van der Waals surface area contributed by atoms with Gasteiger partial charge in [-0.3, -0.25) is 9.69 Å². The predicted molar refractivity (Wildman–Crippen MR) is 97.2 cm³/mol. The van der Waals surface area contributed by atoms with E-state index in [1.165, 1.54) is 4.90 Å². The molecule has 2 aromatic carbocycles. The average Bonchev–Trinajstić information content (AvgIpc) is 3.22. The van der Waals surface area contributed by atoms with Crippen molar-refractivity contribution < 1.29 is 23.8 Å². The maximum absolute atomic E-state index is 12.7. The van der Waals surface area contributed by atoms with Crippen LogP contribution < -0.4 is 19.5 Å². The van der Waals surface area contributed by atoms with Gasteiger partial charge in [-0.2, -0.15) is 0 Å². The highest BCUT2D eigenvalue weighted by atomic mass is 16.7. The zero-order valence-electron chi connectivity index (χ0n) is 14.7. The van der Waals surface area contributed by atoms with Crippen LogP contribution in [0.4, 0.5) is 4.79 Å². The second-order valence-corrected chi connectivity index (χ2v) is 6.04. The van der Waals surface area contributed by atoms with Crippen LogP contribution in [0.15, 0.2) is 48.2 Å². The highest BCUT2D eigenvalue weighted by Crippen LogP contribution is 2.39. The second-order valence-electron chi connectivity index (χ2n) is 6.04. The Balaban J connectivity index is 1.63. The van der Waals surface area contributed by atoms with Gasteiger partial charge in [0.15, 0.2) is 11.5 Å². The molecule has 2 aliphatic rings. The van der Waals surface area contributed by atoms with Crippen molar-refractivity contribution in [3.63, 3.8) is 0 Å². The molecular weight excluding hydrogens is 348 g/mol. The monoisotopic (exact) mass is 366 g/mol. The van der Waals surface area contributed by atoms with Crippen molar-refractivity contribution in [3.05, 3.63) is 59.3 Å². The van der Waals surface area contributed by atoms with Gasteiger partial charge >= 0.3 is 6.03 Å². The van der Waals surface area contributed by atoms with Gasteiger partial charge in [0.2, 0.25) is 6.79 Å². The summed E-state index contributed by atoms with van der Waals surface area (Å²) >= 11 is 0. The van der Waals surface area contributed by atoms with Gasteiger partial charge in [0.05, 0.1) is 13.2 Å². The Morgan fingerprint density at radius 3 is 2.63 bits per heavy atom. The Morgan fingerprint density at radius 1 is 1.15 bits per heavy atom. The van der Waals surface area contributed by atoms with Crippen LogP contribution in [0.2, 0.25) is 0 Å². The number of nitrogens with one attached hydrogen (secondary N) is 1. The average molecular weight is 366 g/mol. The number of rotatable bonds is 5. The zero-order valence-corrected chi connectivity index (χ0v) is 14.7. The van der Waals surface area contributed by atoms with Crippen LogP contribution in [0.25, 0.3) is 6.08 Å². The van der Waals surface area contributed by atoms with Gasteiger partial charge in [-0.15, -0.1) is 0 Å². The molecule has 0 aromatic heterocycles. The van der Waals surface area contributed by atoms with E-state index in [9.17, 15) is 9.59 Å². The van der Waals surface area contributed by atoms with Crippen molar-refractivity contribution >= 4 is 18.0 Å². The molecule has 0 aliphatic carbocycles. The number of urea groups is 1. The molecule has 27 heavy (non-hydrogen) atoms. The van der Waals surface area contributed by atoms with Crippen molar-refractivity contribution in [2.75, 3.05) is 13.4 Å². The van der Waals surface area contributed by atoms with Crippen molar-refractivity contribution in [3.8, 4) is 17.2 Å². The third kappa shape index (κ3) is 3.31. The highest BCUT2D eigenvalue weighted by Gasteiger charge is 2.33. The molecule has 3 amide bonds. The van der Waals surface area contributed by atoms with Gasteiger partial charge in [0, 0.05) is 11.6 Å². The Labute approximate surface area is 156 Å². The molecule has 1 saturated heterocycles. The number of hydrogen-bond donors (Lipinski definition) is 1. The molecule has 0 spiro atoms. The number of ether oxygens (including phenoxy) is 3. The molecule has 0 saturated carbocycles. The summed E-state index contributed by atoms with van der Waals surface area (Å²) in [6.07, 6.45) is 1.60. The summed E-state index contributed by atoms with van der Waals surface area (Å²) in [5.74, 6) is 1.33. The fraction of sp³-hybridized carbons (Fsp3) is 0.200. The minimum absolute atomic E-state index is 0.140. The first kappa shape index (κ1) is 17.0. The zero-order chi connectivity index (χ0) is 18.8. The second kappa shape index (κ2) is 7.03. The maximum atomic E-state index is 12.7. The number of nitrogens with zero attached hydrogens (tertiary/aromatic N) is 1. The molecule has 0 bridgehead atoms. The summed E-state index contributed by atoms with van der Waals surface area (Å²) in [4.78, 5) is 26.1. The summed E-state index contributed by atoms with van der Waals surface area (Å²) in [7, 11) is 0. The number of carbonyl (C=O) groups excluding carboxylic acids is 2. The van der Waals surface area contributed by atoms with E-state index in [0.717, 1.165) is 5.56 Å². The van der Waals surface area contributed by atoms with Crippen LogP contribution >= 0.6 is 0 Å². The summed E-state index contributed by atoms with van der Waals surface area (Å²) in [5.41, 5.74) is 1.70. The maximum Gasteiger partial charge on any atom is 0.329 e. The third-order valence-corrected chi connectivity index (χ3v) is 4.25. The van der Waals surface area contributed by atoms with E-state index in [-0.39, 0.29) is 24.9 Å². The lowest BCUT2D eigenvalue weighted by atomic mass is 10.1. The first-order valence-corrected chi connectivity index (χ1v) is 8.60. The minimum Gasteiger partial charge on any atom is -0.493 e. The Bertz CT molecular complexity index is 923. The standard InChI is InChI=1S/C20H18N2O5/c1-2-25-16-10-18-17(26-12-27-18)9-14(16)8-15-19(23)22(20(24)21-15)11-13-6-4-3-5-7-13/h3-10H,2,11-12H2,1H3,(H,21,24)/b15-8+. The number of hydrogen-bond acceptors (Lipinski definition) is 5. The Morgan fingerprint density at radius 2 is 1.89 bits per heavy atom. The lowest BCUT2D eigenvalue weighted by Crippen LogP contribution is -2.30. The van der Waals surface area contributed by atoms with Crippen molar-refractivity contribution in [1.29, 1.82) is 0 Å². The molecule has 7 nitrogen and oxygen atoms in total. The normalized spacial score (nSPS) is 16.8. The Kier molecular flexibility index (Phi) is 4.42. The van der Waals surface area contributed by atoms with Crippen LogP contribution in [0.5, 0.6) is 17.2 Å². The lowest BCUT2D eigenvalue weighted by molar-refractivity contribution is -0.123. The molecule has 4 rings (SSSR count). The van der Waals surface area contributed by atoms with Crippen LogP contribution in [-0.4, -0.2) is 30.2 Å². The SMILES string of the molecule is CCOc1cc2c(cc1/C=C1/NC(=O)N(Cc3ccccc3)C1=O)OCO2. The molecule has 1 fully saturated rings. The molecule has 0 unspecified atom stereocenters. The smallest absolute Gasteiger partial charge is 0.329 e. The third-order valence-electron chi connectivity index (χ3n) is 4.25. The van der Waals surface area contributed by atoms with E-state index < -0.39 is 6.03 Å². The summed E-state index contributed by atoms with van der Waals surface area (Å²) in [6.45, 7) is 2.67. The van der Waals surface area contributed by atoms with Gasteiger partial charge in [-0.1, -0.05) is 30.3 Å². The first-order valence-electron chi connectivity index (χ1n) is 8.60. The van der Waals surface area contributed by atoms with Crippen LogP contribution in [0.1, 0.15) is 18.1 Å². The summed E-state index contributed by atoms with van der Waals surface area (Å²) in [5, 5.41) is 2.63. The van der Waals surface area contributed by atoms with Gasteiger partial charge in [0.1, 0.15) is 11.4 Å². The molecule has 2 aliphatic heterocycles. The fourth-order valence-electron chi connectivity index (χ4n) is 2.97. The van der Waals surface area contributed by atoms with E-state index in [1.54, 1.807) is 18.2 Å². The summed E-state index contributed by atoms with van der Waals surface area (Å²) < 4.78 is 16.4. The molecule has 1 N–H and O–H groups in total. The molecule has 0 radical (unpaired) electrons. The van der Waals surface area contributed by atoms with Crippen LogP contribution in [0.3, 0.4) is 0 Å². The molecule has 138 valence electrons. The Hall–Kier alpha value is -3.48. The largest absolute Gasteiger partial charge is 0.493 e. The fourth-order valence-corrected chi connectivity index (χ4v) is 2.97. The van der Waals surface area contributed by atoms with Gasteiger partial charge in [0.25, 0.3) is 5.91 Å². The van der Waals surface area contributed by atoms with Gasteiger partial charge < -0.3 is 19.5 Å². The number of amides is 3. The van der Waals surface area contributed by atoms with Crippen LogP contribution in [0, 0.1) is 0 Å². The highest BCUT2D eigenvalue weighted by molar-refractivity contribution is 6.14. The van der Waals surface area contributed by atoms with Crippen LogP contribution in [-0.2, 0) is 11.3 Å². The summed E-state index contributed by atoms with van der Waals surface area (Å²) in [6, 6.07) is 12.4. The van der Waals surface area contributed by atoms with E-state index in [0.29, 0.717) is 29.4 Å². The van der Waals surface area contributed by atoms with Crippen molar-refractivity contribution in [2.45, 2.75) is 13.5 Å². The minimum atomic E-state index is -0.450. The quantitative estimate of drug-likeness (QED) is 0.650. The van der Waals surface area contributed by atoms with E-state index in [1.807, 2.05) is 37.3 Å². The van der Waals surface area contributed by atoms with Gasteiger partial charge in [-0.25, -0.2) is 4.79 Å². The number of imide groups is 1. The van der Waals surface area contributed by atoms with E-state index >= 15 is 0 Å². The molecule has 2 aromatic rings. The van der Waals surface area contributed by atoms with Gasteiger partial charge in [-0.05, 0) is 24.6 Å². The number of fused-ring (bicyclic) bond motifs is 1. The topological polar surface area (TPSA) is 77.1 Å². The van der Waals surface area contributed by atoms with Crippen molar-refractivity contribution in [2.24, 2.45) is 0 Å². The first-order chi connectivity index (χ1) is 13.2. The lowest BCUT2D eigenvalue weighted by Gasteiger charge is -2.11. The molecule has 0 atom stereocenters. The number of carbonyl (C=O) groups is 2. The molecule has 2 heterocycles. The van der Waals surface area contributed by atoms with Crippen molar-refractivity contribution in [1.82, 2.24) is 10.2 Å². The molecular formula is C20H18N2O5. The number of benzene rings is 2. The predicted octanol–water partition coefficient (Wildman–Crippen LogP) is 2.91. The molecule has 7 heteroatoms. The van der Waals surface area contributed by atoms with E-state index in [4.69, 9.17) is 14.2 Å².